The first kappa shape index (κ1) is 14.9. The summed E-state index contributed by atoms with van der Waals surface area (Å²) in [7, 11) is 1.50. The molecule has 0 aliphatic carbocycles. The van der Waals surface area contributed by atoms with Crippen molar-refractivity contribution in [1.82, 2.24) is 0 Å². The van der Waals surface area contributed by atoms with Gasteiger partial charge in [-0.25, -0.2) is 4.79 Å². The number of carbonyl (C=O) groups is 1. The molecule has 0 unspecified atom stereocenters. The van der Waals surface area contributed by atoms with Crippen LogP contribution < -0.4 is 5.73 Å². The maximum Gasteiger partial charge on any atom is 0.339 e. The Labute approximate surface area is 84.0 Å². The van der Waals surface area contributed by atoms with E-state index in [2.05, 4.69) is 5.73 Å². The summed E-state index contributed by atoms with van der Waals surface area (Å²) in [6.45, 7) is 4.00. The predicted molar refractivity (Wildman–Crippen MR) is 56.5 cm³/mol. The highest BCUT2D eigenvalue weighted by Gasteiger charge is 2.05. The highest BCUT2D eigenvalue weighted by molar-refractivity contribution is 5.90. The average molecular weight is 199 g/mol. The summed E-state index contributed by atoms with van der Waals surface area (Å²) in [4.78, 5) is 10.3. The molecule has 4 N–H and O–H groups in total. The van der Waals surface area contributed by atoms with Crippen LogP contribution in [0.15, 0.2) is 24.3 Å². The van der Waals surface area contributed by atoms with Crippen LogP contribution in [0.5, 0.6) is 5.75 Å². The summed E-state index contributed by atoms with van der Waals surface area (Å²) < 4.78 is 0. The van der Waals surface area contributed by atoms with Gasteiger partial charge in [0.05, 0.1) is 0 Å². The number of hydrogen-bond donors (Lipinski definition) is 3. The standard InChI is InChI=1S/C7H6O3.C2H6.CH5N/c8-6-4-2-1-3-5(6)7(9)10;2*1-2/h1-4,8H,(H,9,10);1-2H3;2H2,1H3. The normalized spacial score (nSPS) is 7.43. The van der Waals surface area contributed by atoms with Gasteiger partial charge in [-0.1, -0.05) is 26.0 Å². The Hall–Kier alpha value is -1.55. The molecule has 0 aliphatic heterocycles. The maximum atomic E-state index is 10.3. The highest BCUT2D eigenvalue weighted by atomic mass is 16.4. The van der Waals surface area contributed by atoms with E-state index in [4.69, 9.17) is 10.2 Å². The van der Waals surface area contributed by atoms with Crippen molar-refractivity contribution >= 4 is 5.97 Å². The highest BCUT2D eigenvalue weighted by Crippen LogP contribution is 2.14. The van der Waals surface area contributed by atoms with Crippen LogP contribution in [0.25, 0.3) is 0 Å². The fourth-order valence-electron chi connectivity index (χ4n) is 0.654. The van der Waals surface area contributed by atoms with Crippen molar-refractivity contribution < 1.29 is 15.0 Å². The molecule has 80 valence electrons. The van der Waals surface area contributed by atoms with Gasteiger partial charge in [-0.05, 0) is 19.2 Å². The fourth-order valence-corrected chi connectivity index (χ4v) is 0.654. The van der Waals surface area contributed by atoms with Gasteiger partial charge in [-0.3, -0.25) is 0 Å². The van der Waals surface area contributed by atoms with Crippen LogP contribution in [-0.2, 0) is 0 Å². The molecule has 0 atom stereocenters. The van der Waals surface area contributed by atoms with E-state index in [1.54, 1.807) is 12.1 Å². The molecule has 0 saturated heterocycles. The lowest BCUT2D eigenvalue weighted by molar-refractivity contribution is 0.0694. The number of carboxylic acid groups (broad SMARTS) is 1. The molecule has 0 fully saturated rings. The van der Waals surface area contributed by atoms with E-state index < -0.39 is 5.97 Å². The van der Waals surface area contributed by atoms with Gasteiger partial charge in [0.1, 0.15) is 11.3 Å². The van der Waals surface area contributed by atoms with Gasteiger partial charge in [0, 0.05) is 0 Å². The molecule has 0 saturated carbocycles. The lowest BCUT2D eigenvalue weighted by atomic mass is 10.2. The van der Waals surface area contributed by atoms with E-state index in [1.165, 1.54) is 19.2 Å². The Kier molecular flexibility index (Phi) is 10.2. The van der Waals surface area contributed by atoms with Crippen LogP contribution in [0, 0.1) is 0 Å². The van der Waals surface area contributed by atoms with Crippen molar-refractivity contribution in [3.63, 3.8) is 0 Å². The number of hydrogen-bond acceptors (Lipinski definition) is 3. The largest absolute Gasteiger partial charge is 0.507 e. The van der Waals surface area contributed by atoms with Crippen LogP contribution in [0.2, 0.25) is 0 Å². The molecule has 4 nitrogen and oxygen atoms in total. The number of carboxylic acids is 1. The Morgan fingerprint density at radius 1 is 1.21 bits per heavy atom. The van der Waals surface area contributed by atoms with Gasteiger partial charge in [0.25, 0.3) is 0 Å². The molecule has 4 heteroatoms. The SMILES string of the molecule is CC.CN.O=C(O)c1ccccc1O. The molecule has 0 aromatic heterocycles. The molecule has 0 aliphatic rings. The van der Waals surface area contributed by atoms with Crippen molar-refractivity contribution in [2.24, 2.45) is 5.73 Å². The van der Waals surface area contributed by atoms with E-state index in [1.807, 2.05) is 13.8 Å². The summed E-state index contributed by atoms with van der Waals surface area (Å²) >= 11 is 0. The van der Waals surface area contributed by atoms with E-state index in [0.29, 0.717) is 0 Å². The molecule has 1 aromatic rings. The third kappa shape index (κ3) is 5.16. The number of aromatic carboxylic acids is 1. The van der Waals surface area contributed by atoms with Gasteiger partial charge in [0.2, 0.25) is 0 Å². The van der Waals surface area contributed by atoms with Crippen LogP contribution in [-0.4, -0.2) is 23.2 Å². The van der Waals surface area contributed by atoms with Gasteiger partial charge >= 0.3 is 5.97 Å². The van der Waals surface area contributed by atoms with Crippen molar-refractivity contribution in [2.45, 2.75) is 13.8 Å². The molecular formula is C10H17NO3. The zero-order valence-corrected chi connectivity index (χ0v) is 8.69. The number of benzene rings is 1. The number of nitrogens with two attached hydrogens (primary N) is 1. The number of aromatic hydroxyl groups is 1. The third-order valence-electron chi connectivity index (χ3n) is 1.13. The second kappa shape index (κ2) is 9.54. The van der Waals surface area contributed by atoms with Crippen LogP contribution in [0.4, 0.5) is 0 Å². The van der Waals surface area contributed by atoms with E-state index in [9.17, 15) is 4.79 Å². The predicted octanol–water partition coefficient (Wildman–Crippen LogP) is 1.69. The van der Waals surface area contributed by atoms with Crippen molar-refractivity contribution in [3.05, 3.63) is 29.8 Å². The minimum absolute atomic E-state index is 0.0671. The summed E-state index contributed by atoms with van der Waals surface area (Å²) in [6, 6.07) is 5.81. The first-order valence-corrected chi connectivity index (χ1v) is 4.31. The van der Waals surface area contributed by atoms with Crippen molar-refractivity contribution in [1.29, 1.82) is 0 Å². The van der Waals surface area contributed by atoms with Gasteiger partial charge in [-0.2, -0.15) is 0 Å². The average Bonchev–Trinajstić information content (AvgIpc) is 2.24. The number of phenols is 1. The second-order valence-electron chi connectivity index (χ2n) is 1.82. The summed E-state index contributed by atoms with van der Waals surface area (Å²) in [5, 5.41) is 17.3. The van der Waals surface area contributed by atoms with Gasteiger partial charge in [0.15, 0.2) is 0 Å². The van der Waals surface area contributed by atoms with E-state index in [0.717, 1.165) is 0 Å². The Balaban J connectivity index is 0. The van der Waals surface area contributed by atoms with E-state index >= 15 is 0 Å². The van der Waals surface area contributed by atoms with Crippen LogP contribution >= 0.6 is 0 Å². The molecule has 0 amide bonds. The summed E-state index contributed by atoms with van der Waals surface area (Å²) in [5.41, 5.74) is 4.43. The molecule has 0 spiro atoms. The maximum absolute atomic E-state index is 10.3. The zero-order valence-electron chi connectivity index (χ0n) is 8.69. The lowest BCUT2D eigenvalue weighted by Crippen LogP contribution is -1.95. The van der Waals surface area contributed by atoms with Crippen molar-refractivity contribution in [2.75, 3.05) is 7.05 Å². The van der Waals surface area contributed by atoms with Gasteiger partial charge in [-0.15, -0.1) is 0 Å². The monoisotopic (exact) mass is 199 g/mol. The minimum atomic E-state index is -1.11. The smallest absolute Gasteiger partial charge is 0.339 e. The fraction of sp³-hybridized carbons (Fsp3) is 0.300. The Morgan fingerprint density at radius 3 is 1.93 bits per heavy atom. The topological polar surface area (TPSA) is 83.6 Å². The summed E-state index contributed by atoms with van der Waals surface area (Å²) in [5.74, 6) is -1.31. The first-order chi connectivity index (χ1) is 6.72. The molecule has 14 heavy (non-hydrogen) atoms. The van der Waals surface area contributed by atoms with E-state index in [-0.39, 0.29) is 11.3 Å². The van der Waals surface area contributed by atoms with Gasteiger partial charge < -0.3 is 15.9 Å². The minimum Gasteiger partial charge on any atom is -0.507 e. The number of rotatable bonds is 1. The van der Waals surface area contributed by atoms with Crippen LogP contribution in [0.3, 0.4) is 0 Å². The Bertz CT molecular complexity index is 261. The molecule has 0 heterocycles. The first-order valence-electron chi connectivity index (χ1n) is 4.31. The molecule has 0 bridgehead atoms. The molecular weight excluding hydrogens is 182 g/mol. The third-order valence-corrected chi connectivity index (χ3v) is 1.13. The molecule has 1 aromatic carbocycles. The van der Waals surface area contributed by atoms with Crippen molar-refractivity contribution in [3.8, 4) is 5.75 Å². The molecule has 0 radical (unpaired) electrons. The number of para-hydroxylation sites is 1. The Morgan fingerprint density at radius 2 is 1.64 bits per heavy atom. The van der Waals surface area contributed by atoms with Crippen LogP contribution in [0.1, 0.15) is 24.2 Å². The second-order valence-corrected chi connectivity index (χ2v) is 1.82. The lowest BCUT2D eigenvalue weighted by Gasteiger charge is -1.95. The summed E-state index contributed by atoms with van der Waals surface area (Å²) in [6.07, 6.45) is 0. The quantitative estimate of drug-likeness (QED) is 0.642. The molecule has 1 rings (SSSR count). The zero-order chi connectivity index (χ0) is 11.6.